The van der Waals surface area contributed by atoms with Crippen LogP contribution in [0.1, 0.15) is 41.3 Å². The van der Waals surface area contributed by atoms with Crippen LogP contribution in [0.3, 0.4) is 0 Å². The van der Waals surface area contributed by atoms with Gasteiger partial charge in [-0.05, 0) is 61.7 Å². The van der Waals surface area contributed by atoms with E-state index in [0.717, 1.165) is 43.0 Å². The average Bonchev–Trinajstić information content (AvgIpc) is 3.74. The zero-order valence-corrected chi connectivity index (χ0v) is 24.2. The van der Waals surface area contributed by atoms with Crippen LogP contribution >= 0.6 is 11.3 Å². The zero-order valence-electron chi connectivity index (χ0n) is 22.5. The Morgan fingerprint density at radius 2 is 1.79 bits per heavy atom. The first kappa shape index (κ1) is 28.7. The van der Waals surface area contributed by atoms with E-state index >= 15 is 0 Å². The molecule has 3 aromatic carbocycles. The minimum atomic E-state index is -3.47. The molecule has 9 nitrogen and oxygen atoms in total. The van der Waals surface area contributed by atoms with E-state index in [2.05, 4.69) is 10.3 Å². The Morgan fingerprint density at radius 3 is 2.47 bits per heavy atom. The monoisotopic (exact) mass is 625 g/mol. The van der Waals surface area contributed by atoms with Crippen molar-refractivity contribution >= 4 is 38.1 Å². The maximum absolute atomic E-state index is 14.5. The molecule has 2 amide bonds. The number of aromatic nitrogens is 1. The molecule has 2 heterocycles. The van der Waals surface area contributed by atoms with Crippen LogP contribution in [0.15, 0.2) is 77.8 Å². The molecule has 4 aromatic rings. The molecular formula is C30H25F2N3O6S2. The minimum Gasteiger partial charge on any atom is -0.473 e. The topological polar surface area (TPSA) is 115 Å². The van der Waals surface area contributed by atoms with Crippen LogP contribution in [0.5, 0.6) is 16.6 Å². The molecule has 1 saturated carbocycles. The molecule has 1 N–H and O–H groups in total. The highest BCUT2D eigenvalue weighted by Gasteiger charge is 2.37. The van der Waals surface area contributed by atoms with E-state index in [9.17, 15) is 26.8 Å². The number of hydrogen-bond acceptors (Lipinski definition) is 8. The van der Waals surface area contributed by atoms with Gasteiger partial charge in [-0.2, -0.15) is 0 Å². The fourth-order valence-corrected chi connectivity index (χ4v) is 6.77. The zero-order chi connectivity index (χ0) is 30.1. The first-order chi connectivity index (χ1) is 20.7. The highest BCUT2D eigenvalue weighted by Crippen LogP contribution is 2.35. The molecule has 0 bridgehead atoms. The number of hydrogen-bond donors (Lipinski definition) is 1. The number of thiazole rings is 1. The fourth-order valence-electron chi connectivity index (χ4n) is 4.42. The van der Waals surface area contributed by atoms with Gasteiger partial charge in [0.15, 0.2) is 26.5 Å². The molecule has 43 heavy (non-hydrogen) atoms. The van der Waals surface area contributed by atoms with Crippen LogP contribution in [0.4, 0.5) is 13.9 Å². The maximum Gasteiger partial charge on any atom is 0.271 e. The Kier molecular flexibility index (Phi) is 7.84. The van der Waals surface area contributed by atoms with Gasteiger partial charge < -0.3 is 14.4 Å². The second-order valence-corrected chi connectivity index (χ2v) is 13.4. The van der Waals surface area contributed by atoms with Crippen LogP contribution in [-0.4, -0.2) is 48.5 Å². The SMILES string of the molecule is O=C(Nc1ncc(Oc2cccc(C(=O)N3CCC3)c2)s1)C(Oc1ccc(F)cc1F)c1ccc(S(=O)(=O)C2CC2)cc1. The van der Waals surface area contributed by atoms with Crippen LogP contribution in [0.2, 0.25) is 0 Å². The summed E-state index contributed by atoms with van der Waals surface area (Å²) in [5, 5.41) is 2.69. The molecule has 2 aliphatic rings. The Labute approximate surface area is 250 Å². The van der Waals surface area contributed by atoms with Gasteiger partial charge in [0, 0.05) is 30.3 Å². The highest BCUT2D eigenvalue weighted by molar-refractivity contribution is 7.92. The molecule has 1 saturated heterocycles. The second kappa shape index (κ2) is 11.7. The summed E-state index contributed by atoms with van der Waals surface area (Å²) >= 11 is 1.01. The lowest BCUT2D eigenvalue weighted by Crippen LogP contribution is -2.41. The van der Waals surface area contributed by atoms with Gasteiger partial charge in [-0.15, -0.1) is 0 Å². The molecule has 1 aromatic heterocycles. The third-order valence-electron chi connectivity index (χ3n) is 7.01. The Balaban J connectivity index is 1.20. The third-order valence-corrected chi connectivity index (χ3v) is 10.1. The maximum atomic E-state index is 14.5. The number of ether oxygens (including phenoxy) is 2. The summed E-state index contributed by atoms with van der Waals surface area (Å²) in [7, 11) is -3.47. The van der Waals surface area contributed by atoms with Crippen LogP contribution < -0.4 is 14.8 Å². The van der Waals surface area contributed by atoms with Crippen molar-refractivity contribution in [2.24, 2.45) is 0 Å². The largest absolute Gasteiger partial charge is 0.473 e. The van der Waals surface area contributed by atoms with Crippen molar-refractivity contribution in [1.29, 1.82) is 0 Å². The van der Waals surface area contributed by atoms with Gasteiger partial charge in [0.1, 0.15) is 11.6 Å². The number of likely N-dealkylation sites (tertiary alicyclic amines) is 1. The summed E-state index contributed by atoms with van der Waals surface area (Å²) in [5.74, 6) is -2.58. The lowest BCUT2D eigenvalue weighted by atomic mass is 10.1. The van der Waals surface area contributed by atoms with Crippen LogP contribution in [-0.2, 0) is 14.6 Å². The van der Waals surface area contributed by atoms with E-state index in [4.69, 9.17) is 9.47 Å². The summed E-state index contributed by atoms with van der Waals surface area (Å²) in [6.07, 6.45) is 2.15. The number of rotatable bonds is 10. The minimum absolute atomic E-state index is 0.0734. The third kappa shape index (κ3) is 6.37. The van der Waals surface area contributed by atoms with Crippen molar-refractivity contribution in [3.05, 3.63) is 95.7 Å². The molecule has 6 rings (SSSR count). The van der Waals surface area contributed by atoms with Crippen molar-refractivity contribution in [2.75, 3.05) is 18.4 Å². The van der Waals surface area contributed by atoms with Gasteiger partial charge in [0.25, 0.3) is 11.8 Å². The lowest BCUT2D eigenvalue weighted by Gasteiger charge is -2.30. The number of anilines is 1. The smallest absolute Gasteiger partial charge is 0.271 e. The van der Waals surface area contributed by atoms with E-state index in [-0.39, 0.29) is 27.2 Å². The van der Waals surface area contributed by atoms with Crippen molar-refractivity contribution in [2.45, 2.75) is 35.5 Å². The molecule has 222 valence electrons. The van der Waals surface area contributed by atoms with Gasteiger partial charge >= 0.3 is 0 Å². The molecule has 1 atom stereocenters. The number of benzene rings is 3. The van der Waals surface area contributed by atoms with Crippen molar-refractivity contribution in [1.82, 2.24) is 9.88 Å². The number of carbonyl (C=O) groups excluding carboxylic acids is 2. The van der Waals surface area contributed by atoms with Crippen molar-refractivity contribution in [3.8, 4) is 16.6 Å². The van der Waals surface area contributed by atoms with Gasteiger partial charge in [-0.1, -0.05) is 29.5 Å². The molecule has 0 spiro atoms. The molecule has 1 aliphatic carbocycles. The van der Waals surface area contributed by atoms with Crippen molar-refractivity contribution in [3.63, 3.8) is 0 Å². The predicted octanol–water partition coefficient (Wildman–Crippen LogP) is 5.75. The molecule has 1 aliphatic heterocycles. The van der Waals surface area contributed by atoms with Crippen molar-refractivity contribution < 1.29 is 36.3 Å². The van der Waals surface area contributed by atoms with Gasteiger partial charge in [-0.25, -0.2) is 22.2 Å². The molecule has 2 fully saturated rings. The first-order valence-corrected chi connectivity index (χ1v) is 15.8. The van der Waals surface area contributed by atoms with E-state index in [1.54, 1.807) is 29.2 Å². The summed E-state index contributed by atoms with van der Waals surface area (Å²) in [5.41, 5.74) is 0.742. The predicted molar refractivity (Wildman–Crippen MR) is 154 cm³/mol. The number of halogens is 2. The Bertz CT molecular complexity index is 1790. The molecule has 13 heteroatoms. The van der Waals surface area contributed by atoms with E-state index in [0.29, 0.717) is 35.3 Å². The Morgan fingerprint density at radius 1 is 1.02 bits per heavy atom. The first-order valence-electron chi connectivity index (χ1n) is 13.5. The number of nitrogens with zero attached hydrogens (tertiary/aromatic N) is 2. The van der Waals surface area contributed by atoms with Crippen LogP contribution in [0.25, 0.3) is 0 Å². The fraction of sp³-hybridized carbons (Fsp3) is 0.233. The summed E-state index contributed by atoms with van der Waals surface area (Å²) < 4.78 is 64.7. The summed E-state index contributed by atoms with van der Waals surface area (Å²) in [4.78, 5) is 32.0. The normalized spacial score (nSPS) is 15.3. The molecule has 1 unspecified atom stereocenters. The highest BCUT2D eigenvalue weighted by atomic mass is 32.2. The summed E-state index contributed by atoms with van der Waals surface area (Å²) in [6, 6.07) is 15.0. The van der Waals surface area contributed by atoms with E-state index < -0.39 is 38.7 Å². The second-order valence-electron chi connectivity index (χ2n) is 10.1. The van der Waals surface area contributed by atoms with E-state index in [1.807, 2.05) is 0 Å². The number of amides is 2. The summed E-state index contributed by atoms with van der Waals surface area (Å²) in [6.45, 7) is 1.45. The van der Waals surface area contributed by atoms with Gasteiger partial charge in [0.05, 0.1) is 16.3 Å². The number of nitrogens with one attached hydrogen (secondary N) is 1. The van der Waals surface area contributed by atoms with Gasteiger partial charge in [0.2, 0.25) is 11.2 Å². The van der Waals surface area contributed by atoms with Gasteiger partial charge in [-0.3, -0.25) is 14.9 Å². The number of carbonyl (C=O) groups is 2. The lowest BCUT2D eigenvalue weighted by molar-refractivity contribution is -0.123. The molecular weight excluding hydrogens is 600 g/mol. The van der Waals surface area contributed by atoms with Crippen LogP contribution in [0, 0.1) is 11.6 Å². The van der Waals surface area contributed by atoms with E-state index in [1.165, 1.54) is 30.5 Å². The Hall–Kier alpha value is -4.36. The quantitative estimate of drug-likeness (QED) is 0.239. The number of sulfone groups is 1. The standard InChI is InChI=1S/C30H25F2N3O6S2/c31-20-7-12-25(24(32)16-20)41-27(18-5-8-22(9-6-18)43(38,39)23-10-11-23)28(36)34-30-33-17-26(42-30)40-21-4-1-3-19(15-21)29(37)35-13-2-14-35/h1,3-9,12,15-17,23,27H,2,10-11,13-14H2,(H,33,34,36). The molecule has 0 radical (unpaired) electrons. The average molecular weight is 626 g/mol.